The number of fused-ring (bicyclic) bond motifs is 1. The van der Waals surface area contributed by atoms with Gasteiger partial charge in [0.05, 0.1) is 11.6 Å². The quantitative estimate of drug-likeness (QED) is 0.806. The molecule has 0 saturated carbocycles. The number of carboxylic acids is 1. The molecule has 0 aliphatic heterocycles. The molecule has 3 rings (SSSR count). The highest BCUT2D eigenvalue weighted by Crippen LogP contribution is 2.38. The number of aromatic hydroxyl groups is 1. The van der Waals surface area contributed by atoms with Gasteiger partial charge in [0.2, 0.25) is 0 Å². The normalized spacial score (nSPS) is 16.5. The summed E-state index contributed by atoms with van der Waals surface area (Å²) in [5.41, 5.74) is 3.96. The zero-order chi connectivity index (χ0) is 15.0. The fraction of sp³-hybridized carbons (Fsp3) is 0.235. The number of carboxylic acid groups (broad SMARTS) is 1. The van der Waals surface area contributed by atoms with Crippen molar-refractivity contribution >= 4 is 11.7 Å². The number of nitrogens with one attached hydrogen (secondary N) is 1. The van der Waals surface area contributed by atoms with Gasteiger partial charge < -0.3 is 15.5 Å². The molecule has 4 heteroatoms. The molecule has 0 amide bonds. The third-order valence-electron chi connectivity index (χ3n) is 4.14. The highest BCUT2D eigenvalue weighted by molar-refractivity contribution is 5.91. The standard InChI is InChI=1S/C17H17NO3/c1-10-11(17(20)21)4-2-6-14(10)18-15-9-8-13-12(15)5-3-7-16(13)19/h2-7,15,18-19H,8-9H2,1H3,(H,20,21). The molecule has 0 bridgehead atoms. The van der Waals surface area contributed by atoms with E-state index in [4.69, 9.17) is 0 Å². The van der Waals surface area contributed by atoms with Crippen molar-refractivity contribution in [1.29, 1.82) is 0 Å². The third kappa shape index (κ3) is 2.33. The number of phenolic OH excluding ortho intramolecular Hbond substituents is 1. The molecule has 0 fully saturated rings. The molecule has 108 valence electrons. The van der Waals surface area contributed by atoms with Crippen molar-refractivity contribution in [2.24, 2.45) is 0 Å². The molecule has 4 nitrogen and oxygen atoms in total. The van der Waals surface area contributed by atoms with Crippen LogP contribution in [-0.4, -0.2) is 16.2 Å². The first-order valence-electron chi connectivity index (χ1n) is 6.98. The molecule has 1 aliphatic rings. The van der Waals surface area contributed by atoms with Gasteiger partial charge in [0, 0.05) is 5.69 Å². The average Bonchev–Trinajstić information content (AvgIpc) is 2.85. The highest BCUT2D eigenvalue weighted by atomic mass is 16.4. The first kappa shape index (κ1) is 13.5. The van der Waals surface area contributed by atoms with E-state index in [1.807, 2.05) is 25.1 Å². The zero-order valence-corrected chi connectivity index (χ0v) is 11.8. The van der Waals surface area contributed by atoms with Crippen molar-refractivity contribution in [1.82, 2.24) is 0 Å². The number of anilines is 1. The van der Waals surface area contributed by atoms with Crippen LogP contribution in [0.1, 0.15) is 39.5 Å². The van der Waals surface area contributed by atoms with Gasteiger partial charge in [-0.3, -0.25) is 0 Å². The Morgan fingerprint density at radius 2 is 2.00 bits per heavy atom. The molecule has 2 aromatic carbocycles. The largest absolute Gasteiger partial charge is 0.508 e. The van der Waals surface area contributed by atoms with Gasteiger partial charge in [-0.15, -0.1) is 0 Å². The molecule has 1 aliphatic carbocycles. The molecule has 2 aromatic rings. The topological polar surface area (TPSA) is 69.6 Å². The summed E-state index contributed by atoms with van der Waals surface area (Å²) in [6.45, 7) is 1.81. The van der Waals surface area contributed by atoms with E-state index in [1.165, 1.54) is 0 Å². The van der Waals surface area contributed by atoms with E-state index >= 15 is 0 Å². The van der Waals surface area contributed by atoms with E-state index in [0.717, 1.165) is 35.2 Å². The van der Waals surface area contributed by atoms with Gasteiger partial charge >= 0.3 is 5.97 Å². The van der Waals surface area contributed by atoms with Gasteiger partial charge in [-0.1, -0.05) is 18.2 Å². The van der Waals surface area contributed by atoms with E-state index < -0.39 is 5.97 Å². The van der Waals surface area contributed by atoms with Crippen LogP contribution >= 0.6 is 0 Å². The smallest absolute Gasteiger partial charge is 0.336 e. The van der Waals surface area contributed by atoms with E-state index in [1.54, 1.807) is 18.2 Å². The van der Waals surface area contributed by atoms with E-state index in [-0.39, 0.29) is 6.04 Å². The number of rotatable bonds is 3. The Hall–Kier alpha value is -2.49. The predicted octanol–water partition coefficient (Wildman–Crippen LogP) is 3.50. The Labute approximate surface area is 123 Å². The zero-order valence-electron chi connectivity index (χ0n) is 11.8. The van der Waals surface area contributed by atoms with Gasteiger partial charge in [-0.2, -0.15) is 0 Å². The Morgan fingerprint density at radius 3 is 2.76 bits per heavy atom. The van der Waals surface area contributed by atoms with Gasteiger partial charge in [-0.25, -0.2) is 4.79 Å². The van der Waals surface area contributed by atoms with Crippen molar-refractivity contribution in [2.75, 3.05) is 5.32 Å². The maximum Gasteiger partial charge on any atom is 0.336 e. The molecule has 1 atom stereocenters. The minimum absolute atomic E-state index is 0.106. The molecular weight excluding hydrogens is 266 g/mol. The predicted molar refractivity (Wildman–Crippen MR) is 80.9 cm³/mol. The molecule has 0 radical (unpaired) electrons. The molecule has 0 spiro atoms. The SMILES string of the molecule is Cc1c(NC2CCc3c(O)cccc32)cccc1C(=O)O. The van der Waals surface area contributed by atoms with Gasteiger partial charge in [0.1, 0.15) is 5.75 Å². The van der Waals surface area contributed by atoms with Crippen LogP contribution in [0.2, 0.25) is 0 Å². The van der Waals surface area contributed by atoms with E-state index in [9.17, 15) is 15.0 Å². The number of hydrogen-bond donors (Lipinski definition) is 3. The summed E-state index contributed by atoms with van der Waals surface area (Å²) in [6, 6.07) is 10.9. The van der Waals surface area contributed by atoms with Crippen LogP contribution in [-0.2, 0) is 6.42 Å². The molecular formula is C17H17NO3. The van der Waals surface area contributed by atoms with Crippen LogP contribution in [0.3, 0.4) is 0 Å². The maximum absolute atomic E-state index is 11.2. The maximum atomic E-state index is 11.2. The van der Waals surface area contributed by atoms with Crippen molar-refractivity contribution < 1.29 is 15.0 Å². The fourth-order valence-electron chi connectivity index (χ4n) is 3.00. The molecule has 1 unspecified atom stereocenters. The number of phenols is 1. The number of benzene rings is 2. The van der Waals surface area contributed by atoms with Crippen LogP contribution in [0.15, 0.2) is 36.4 Å². The second kappa shape index (κ2) is 5.13. The average molecular weight is 283 g/mol. The summed E-state index contributed by atoms with van der Waals surface area (Å²) in [5.74, 6) is -0.576. The molecule has 3 N–H and O–H groups in total. The Balaban J connectivity index is 1.92. The Bertz CT molecular complexity index is 709. The van der Waals surface area contributed by atoms with Crippen molar-refractivity contribution in [3.8, 4) is 5.75 Å². The highest BCUT2D eigenvalue weighted by Gasteiger charge is 2.25. The lowest BCUT2D eigenvalue weighted by Gasteiger charge is -2.18. The lowest BCUT2D eigenvalue weighted by Crippen LogP contribution is -2.10. The van der Waals surface area contributed by atoms with E-state index in [0.29, 0.717) is 11.3 Å². The van der Waals surface area contributed by atoms with Crippen LogP contribution in [0.25, 0.3) is 0 Å². The van der Waals surface area contributed by atoms with Crippen molar-refractivity contribution in [2.45, 2.75) is 25.8 Å². The van der Waals surface area contributed by atoms with Crippen LogP contribution in [0, 0.1) is 6.92 Å². The lowest BCUT2D eigenvalue weighted by molar-refractivity contribution is 0.0696. The van der Waals surface area contributed by atoms with Crippen molar-refractivity contribution in [3.05, 3.63) is 58.7 Å². The summed E-state index contributed by atoms with van der Waals surface area (Å²) in [7, 11) is 0. The molecule has 0 aromatic heterocycles. The van der Waals surface area contributed by atoms with Gasteiger partial charge in [0.15, 0.2) is 0 Å². The minimum atomic E-state index is -0.916. The summed E-state index contributed by atoms with van der Waals surface area (Å²) < 4.78 is 0. The monoisotopic (exact) mass is 283 g/mol. The summed E-state index contributed by atoms with van der Waals surface area (Å²) in [4.78, 5) is 11.2. The lowest BCUT2D eigenvalue weighted by atomic mass is 10.0. The van der Waals surface area contributed by atoms with E-state index in [2.05, 4.69) is 5.32 Å². The minimum Gasteiger partial charge on any atom is -0.508 e. The Morgan fingerprint density at radius 1 is 1.24 bits per heavy atom. The fourth-order valence-corrected chi connectivity index (χ4v) is 3.00. The third-order valence-corrected chi connectivity index (χ3v) is 4.14. The van der Waals surface area contributed by atoms with Crippen molar-refractivity contribution in [3.63, 3.8) is 0 Å². The van der Waals surface area contributed by atoms with Crippen LogP contribution in [0.5, 0.6) is 5.75 Å². The summed E-state index contributed by atoms with van der Waals surface area (Å²) in [6.07, 6.45) is 1.72. The number of carbonyl (C=O) groups is 1. The first-order valence-corrected chi connectivity index (χ1v) is 6.98. The second-order valence-electron chi connectivity index (χ2n) is 5.36. The van der Waals surface area contributed by atoms with Gasteiger partial charge in [-0.05, 0) is 54.7 Å². The second-order valence-corrected chi connectivity index (χ2v) is 5.36. The number of aromatic carboxylic acids is 1. The summed E-state index contributed by atoms with van der Waals surface area (Å²) in [5, 5.41) is 22.5. The molecule has 0 saturated heterocycles. The van der Waals surface area contributed by atoms with Crippen LogP contribution in [0.4, 0.5) is 5.69 Å². The van der Waals surface area contributed by atoms with Gasteiger partial charge in [0.25, 0.3) is 0 Å². The first-order chi connectivity index (χ1) is 10.1. The Kier molecular flexibility index (Phi) is 3.29. The molecule has 0 heterocycles. The van der Waals surface area contributed by atoms with Crippen LogP contribution < -0.4 is 5.32 Å². The number of hydrogen-bond acceptors (Lipinski definition) is 3. The summed E-state index contributed by atoms with van der Waals surface area (Å²) >= 11 is 0. The molecule has 21 heavy (non-hydrogen) atoms.